The van der Waals surface area contributed by atoms with E-state index in [-0.39, 0.29) is 5.75 Å². The maximum absolute atomic E-state index is 9.92. The predicted molar refractivity (Wildman–Crippen MR) is 133 cm³/mol. The fourth-order valence-electron chi connectivity index (χ4n) is 4.76. The smallest absolute Gasteiger partial charge is 0.131 e. The minimum Gasteiger partial charge on any atom is -0.508 e. The Kier molecular flexibility index (Phi) is 6.63. The first-order valence-electron chi connectivity index (χ1n) is 11.9. The fourth-order valence-corrected chi connectivity index (χ4v) is 4.76. The van der Waals surface area contributed by atoms with Gasteiger partial charge in [-0.2, -0.15) is 0 Å². The molecule has 5 rings (SSSR count). The van der Waals surface area contributed by atoms with Gasteiger partial charge in [-0.25, -0.2) is 0 Å². The molecule has 1 fully saturated rings. The molecule has 0 aromatic heterocycles. The molecular formula is C29H31NO3. The van der Waals surface area contributed by atoms with E-state index in [0.717, 1.165) is 36.6 Å². The van der Waals surface area contributed by atoms with Crippen LogP contribution in [-0.4, -0.2) is 42.9 Å². The van der Waals surface area contributed by atoms with Crippen LogP contribution < -0.4 is 9.47 Å². The van der Waals surface area contributed by atoms with Gasteiger partial charge in [0.05, 0.1) is 0 Å². The monoisotopic (exact) mass is 441 g/mol. The minimum absolute atomic E-state index is 0.224. The summed E-state index contributed by atoms with van der Waals surface area (Å²) in [6, 6.07) is 24.3. The summed E-state index contributed by atoms with van der Waals surface area (Å²) >= 11 is 0. The van der Waals surface area contributed by atoms with Crippen molar-refractivity contribution >= 4 is 11.1 Å². The van der Waals surface area contributed by atoms with Gasteiger partial charge in [0.2, 0.25) is 0 Å². The average Bonchev–Trinajstić information content (AvgIpc) is 2.86. The molecule has 0 radical (unpaired) electrons. The number of nitrogens with zero attached hydrogens (tertiary/aromatic N) is 1. The van der Waals surface area contributed by atoms with Crippen LogP contribution in [0.2, 0.25) is 0 Å². The van der Waals surface area contributed by atoms with Crippen LogP contribution in [0.1, 0.15) is 36.0 Å². The lowest BCUT2D eigenvalue weighted by atomic mass is 9.88. The van der Waals surface area contributed by atoms with Crippen molar-refractivity contribution < 1.29 is 14.6 Å². The van der Waals surface area contributed by atoms with Gasteiger partial charge < -0.3 is 14.6 Å². The number of likely N-dealkylation sites (tertiary alicyclic amines) is 1. The van der Waals surface area contributed by atoms with Gasteiger partial charge in [-0.1, -0.05) is 48.9 Å². The molecule has 2 aliphatic heterocycles. The van der Waals surface area contributed by atoms with Crippen LogP contribution in [-0.2, 0) is 6.42 Å². The molecule has 0 unspecified atom stereocenters. The maximum Gasteiger partial charge on any atom is 0.131 e. The van der Waals surface area contributed by atoms with Crippen LogP contribution in [0.4, 0.5) is 0 Å². The summed E-state index contributed by atoms with van der Waals surface area (Å²) in [5.41, 5.74) is 5.86. The van der Waals surface area contributed by atoms with E-state index < -0.39 is 0 Å². The molecule has 4 heteroatoms. The number of benzene rings is 3. The van der Waals surface area contributed by atoms with Gasteiger partial charge in [0.1, 0.15) is 30.5 Å². The Morgan fingerprint density at radius 3 is 2.45 bits per heavy atom. The van der Waals surface area contributed by atoms with Crippen LogP contribution in [0.25, 0.3) is 11.1 Å². The number of ether oxygens (including phenoxy) is 2. The van der Waals surface area contributed by atoms with Gasteiger partial charge in [0.15, 0.2) is 0 Å². The molecule has 33 heavy (non-hydrogen) atoms. The summed E-state index contributed by atoms with van der Waals surface area (Å²) in [6.07, 6.45) is 4.77. The number of hydrogen-bond acceptors (Lipinski definition) is 4. The quantitative estimate of drug-likeness (QED) is 0.503. The highest BCUT2D eigenvalue weighted by Gasteiger charge is 2.22. The molecule has 0 spiro atoms. The first kappa shape index (κ1) is 21.6. The Morgan fingerprint density at radius 1 is 0.879 bits per heavy atom. The zero-order valence-corrected chi connectivity index (χ0v) is 19.0. The van der Waals surface area contributed by atoms with Crippen molar-refractivity contribution in [3.63, 3.8) is 0 Å². The summed E-state index contributed by atoms with van der Waals surface area (Å²) in [7, 11) is 0. The van der Waals surface area contributed by atoms with Crippen molar-refractivity contribution in [1.82, 2.24) is 4.90 Å². The third-order valence-corrected chi connectivity index (χ3v) is 6.58. The number of hydrogen-bond donors (Lipinski definition) is 1. The molecule has 0 amide bonds. The van der Waals surface area contributed by atoms with Crippen LogP contribution in [0.15, 0.2) is 72.8 Å². The topological polar surface area (TPSA) is 41.9 Å². The van der Waals surface area contributed by atoms with Crippen LogP contribution in [0.5, 0.6) is 17.2 Å². The van der Waals surface area contributed by atoms with Gasteiger partial charge in [0, 0.05) is 23.7 Å². The highest BCUT2D eigenvalue weighted by Crippen LogP contribution is 2.40. The number of rotatable bonds is 7. The SMILES string of the molecule is Oc1ccc2c(c1)OCC(c1ccccc1)=C2Cc1ccc(OCCN2CCCCC2)cc1. The molecule has 0 bridgehead atoms. The number of fused-ring (bicyclic) bond motifs is 1. The third kappa shape index (κ3) is 5.23. The normalized spacial score (nSPS) is 16.2. The van der Waals surface area contributed by atoms with Crippen molar-refractivity contribution in [2.45, 2.75) is 25.7 Å². The molecule has 0 atom stereocenters. The zero-order valence-electron chi connectivity index (χ0n) is 19.0. The molecule has 170 valence electrons. The van der Waals surface area contributed by atoms with E-state index in [1.54, 1.807) is 12.1 Å². The molecule has 0 aliphatic carbocycles. The Bertz CT molecular complexity index is 1100. The second-order valence-electron chi connectivity index (χ2n) is 8.86. The summed E-state index contributed by atoms with van der Waals surface area (Å²) in [6.45, 7) is 4.62. The molecule has 2 heterocycles. The van der Waals surface area contributed by atoms with E-state index >= 15 is 0 Å². The van der Waals surface area contributed by atoms with Crippen molar-refractivity contribution in [3.05, 3.63) is 89.5 Å². The summed E-state index contributed by atoms with van der Waals surface area (Å²) in [5, 5.41) is 9.92. The number of allylic oxidation sites excluding steroid dienone is 1. The van der Waals surface area contributed by atoms with E-state index in [1.807, 2.05) is 12.1 Å². The zero-order chi connectivity index (χ0) is 22.5. The first-order valence-corrected chi connectivity index (χ1v) is 11.9. The predicted octanol–water partition coefficient (Wildman–Crippen LogP) is 5.80. The molecule has 0 saturated carbocycles. The number of phenolic OH excluding ortho intramolecular Hbond substituents is 1. The van der Waals surface area contributed by atoms with E-state index in [1.165, 1.54) is 54.6 Å². The highest BCUT2D eigenvalue weighted by atomic mass is 16.5. The number of piperidine rings is 1. The van der Waals surface area contributed by atoms with Gasteiger partial charge >= 0.3 is 0 Å². The Hall–Kier alpha value is -3.24. The van der Waals surface area contributed by atoms with Crippen molar-refractivity contribution in [1.29, 1.82) is 0 Å². The number of aromatic hydroxyl groups is 1. The second-order valence-corrected chi connectivity index (χ2v) is 8.86. The largest absolute Gasteiger partial charge is 0.508 e. The van der Waals surface area contributed by atoms with Crippen molar-refractivity contribution in [2.24, 2.45) is 0 Å². The van der Waals surface area contributed by atoms with Crippen molar-refractivity contribution in [2.75, 3.05) is 32.8 Å². The third-order valence-electron chi connectivity index (χ3n) is 6.58. The van der Waals surface area contributed by atoms with E-state index in [9.17, 15) is 5.11 Å². The number of phenols is 1. The van der Waals surface area contributed by atoms with Gasteiger partial charge in [-0.3, -0.25) is 4.90 Å². The lowest BCUT2D eigenvalue weighted by Gasteiger charge is -2.26. The highest BCUT2D eigenvalue weighted by molar-refractivity contribution is 5.95. The molecular weight excluding hydrogens is 410 g/mol. The fraction of sp³-hybridized carbons (Fsp3) is 0.310. The van der Waals surface area contributed by atoms with E-state index in [4.69, 9.17) is 9.47 Å². The molecule has 2 aliphatic rings. The second kappa shape index (κ2) is 10.1. The van der Waals surface area contributed by atoms with E-state index in [0.29, 0.717) is 6.61 Å². The molecule has 3 aromatic rings. The van der Waals surface area contributed by atoms with Crippen LogP contribution in [0, 0.1) is 0 Å². The molecule has 1 N–H and O–H groups in total. The van der Waals surface area contributed by atoms with Gasteiger partial charge in [-0.05, 0) is 73.3 Å². The van der Waals surface area contributed by atoms with E-state index in [2.05, 4.69) is 53.4 Å². The molecule has 3 aromatic carbocycles. The average molecular weight is 442 g/mol. The summed E-state index contributed by atoms with van der Waals surface area (Å²) in [5.74, 6) is 1.88. The standard InChI is InChI=1S/C29H31NO3/c31-24-11-14-26-27(28(21-33-29(26)20-24)23-7-3-1-4-8-23)19-22-9-12-25(13-10-22)32-18-17-30-15-5-2-6-16-30/h1,3-4,7-14,20,31H,2,5-6,15-19,21H2. The molecule has 4 nitrogen and oxygen atoms in total. The van der Waals surface area contributed by atoms with Crippen molar-refractivity contribution in [3.8, 4) is 17.2 Å². The Balaban J connectivity index is 1.33. The van der Waals surface area contributed by atoms with Gasteiger partial charge in [0.25, 0.3) is 0 Å². The van der Waals surface area contributed by atoms with Crippen LogP contribution in [0.3, 0.4) is 0 Å². The Labute approximate surface area is 196 Å². The van der Waals surface area contributed by atoms with Crippen LogP contribution >= 0.6 is 0 Å². The summed E-state index contributed by atoms with van der Waals surface area (Å²) < 4.78 is 12.0. The lowest BCUT2D eigenvalue weighted by molar-refractivity contribution is 0.183. The van der Waals surface area contributed by atoms with Gasteiger partial charge in [-0.15, -0.1) is 0 Å². The first-order chi connectivity index (χ1) is 16.3. The lowest BCUT2D eigenvalue weighted by Crippen LogP contribution is -2.33. The summed E-state index contributed by atoms with van der Waals surface area (Å²) in [4.78, 5) is 2.50. The Morgan fingerprint density at radius 2 is 1.67 bits per heavy atom. The minimum atomic E-state index is 0.224. The maximum atomic E-state index is 9.92. The molecule has 1 saturated heterocycles.